The first kappa shape index (κ1) is 28.1. The molecule has 1 saturated heterocycles. The number of hydrogen-bond acceptors (Lipinski definition) is 15. The minimum Gasteiger partial charge on any atom is -0.691 e. The van der Waals surface area contributed by atoms with Crippen LogP contribution in [0, 0.1) is 5.92 Å². The second-order valence-corrected chi connectivity index (χ2v) is 7.90. The summed E-state index contributed by atoms with van der Waals surface area (Å²) in [6.45, 7) is 0.578. The number of carbonyl (C=O) groups is 2. The van der Waals surface area contributed by atoms with E-state index in [1.165, 1.54) is 21.1 Å². The molecule has 2 rings (SSSR count). The molecule has 1 aliphatic carbocycles. The lowest BCUT2D eigenvalue weighted by Crippen LogP contribution is -2.67. The second kappa shape index (κ2) is 13.1. The van der Waals surface area contributed by atoms with Gasteiger partial charge in [0.1, 0.15) is 36.6 Å². The van der Waals surface area contributed by atoms with E-state index in [9.17, 15) is 35.3 Å². The predicted octanol–water partition coefficient (Wildman–Crippen LogP) is -4.71. The Morgan fingerprint density at radius 2 is 1.85 bits per heavy atom. The Labute approximate surface area is 193 Å². The van der Waals surface area contributed by atoms with Gasteiger partial charge in [0.05, 0.1) is 18.8 Å². The fourth-order valence-corrected chi connectivity index (χ4v) is 4.42. The van der Waals surface area contributed by atoms with E-state index in [0.29, 0.717) is 0 Å². The summed E-state index contributed by atoms with van der Waals surface area (Å²) in [5.74, 6) is -3.39. The van der Waals surface area contributed by atoms with Gasteiger partial charge in [-0.1, -0.05) is 0 Å². The Balaban J connectivity index is 2.38. The van der Waals surface area contributed by atoms with Crippen molar-refractivity contribution in [3.05, 3.63) is 0 Å². The van der Waals surface area contributed by atoms with Crippen molar-refractivity contribution in [2.45, 2.75) is 68.4 Å². The topological polar surface area (TPSA) is 218 Å². The van der Waals surface area contributed by atoms with Crippen molar-refractivity contribution in [1.82, 2.24) is 5.32 Å². The Kier molecular flexibility index (Phi) is 11.1. The fourth-order valence-electron chi connectivity index (χ4n) is 4.04. The lowest BCUT2D eigenvalue weighted by Gasteiger charge is -2.48. The number of methoxy groups -OCH3 is 2. The van der Waals surface area contributed by atoms with Crippen LogP contribution < -0.4 is 15.7 Å². The molecule has 1 heterocycles. The van der Waals surface area contributed by atoms with E-state index in [2.05, 4.69) is 14.7 Å². The van der Waals surface area contributed by atoms with Crippen LogP contribution in [0.15, 0.2) is 0 Å². The van der Waals surface area contributed by atoms with Crippen molar-refractivity contribution in [2.24, 2.45) is 5.92 Å². The fraction of sp³-hybridized carbons (Fsp3) is 0.882. The number of amides is 1. The van der Waals surface area contributed by atoms with E-state index in [0.717, 1.165) is 0 Å². The maximum atomic E-state index is 11.8. The molecular formula is C17H27NO14S-2. The van der Waals surface area contributed by atoms with Gasteiger partial charge in [-0.05, 0) is 6.42 Å². The van der Waals surface area contributed by atoms with Crippen LogP contribution in [0.4, 0.5) is 0 Å². The third-order valence-corrected chi connectivity index (χ3v) is 5.90. The molecule has 33 heavy (non-hydrogen) atoms. The van der Waals surface area contributed by atoms with Crippen LogP contribution >= 0.6 is 12.3 Å². The van der Waals surface area contributed by atoms with Crippen molar-refractivity contribution in [1.29, 1.82) is 0 Å². The number of aliphatic carboxylic acids is 1. The van der Waals surface area contributed by atoms with Gasteiger partial charge >= 0.3 is 0 Å². The zero-order valence-corrected chi connectivity index (χ0v) is 18.7. The number of aliphatic hydroxyl groups excluding tert-OH is 3. The third-order valence-electron chi connectivity index (χ3n) is 5.49. The van der Waals surface area contributed by atoms with Crippen LogP contribution in [0.1, 0.15) is 13.3 Å². The summed E-state index contributed by atoms with van der Waals surface area (Å²) in [5, 5.41) is 58.2. The molecule has 192 valence electrons. The molecule has 0 aromatic carbocycles. The highest BCUT2D eigenvalue weighted by molar-refractivity contribution is 7.89. The summed E-state index contributed by atoms with van der Waals surface area (Å²) in [6.07, 6.45) is -11.0. The molecule has 0 spiro atoms. The van der Waals surface area contributed by atoms with Crippen LogP contribution in [0.2, 0.25) is 0 Å². The molecule has 0 bridgehead atoms. The maximum Gasteiger partial charge on any atom is 0.217 e. The normalized spacial score (nSPS) is 39.2. The average Bonchev–Trinajstić information content (AvgIpc) is 2.78. The predicted molar refractivity (Wildman–Crippen MR) is 99.6 cm³/mol. The summed E-state index contributed by atoms with van der Waals surface area (Å²) in [7, 11) is 2.45. The molecule has 16 heteroatoms. The lowest BCUT2D eigenvalue weighted by molar-refractivity contribution is -0.777. The number of carbonyl (C=O) groups excluding carboxylic acids is 2. The first-order valence-electron chi connectivity index (χ1n) is 9.80. The van der Waals surface area contributed by atoms with Crippen LogP contribution in [-0.4, -0.2) is 103 Å². The molecule has 0 aromatic heterocycles. The van der Waals surface area contributed by atoms with Gasteiger partial charge in [-0.25, -0.2) is 0 Å². The number of aliphatic hydroxyl groups is 3. The summed E-state index contributed by atoms with van der Waals surface area (Å²) in [6, 6.07) is -1.10. The number of nitrogens with one attached hydrogen (secondary N) is 1. The van der Waals surface area contributed by atoms with Crippen LogP contribution in [0.3, 0.4) is 0 Å². The molecule has 1 amide bonds. The zero-order chi connectivity index (χ0) is 24.7. The monoisotopic (exact) mass is 501 g/mol. The first-order chi connectivity index (χ1) is 15.7. The Bertz CT molecular complexity index is 643. The number of ether oxygens (including phenoxy) is 4. The molecule has 1 saturated carbocycles. The molecule has 0 radical (unpaired) electrons. The first-order valence-corrected chi connectivity index (χ1v) is 10.5. The molecular weight excluding hydrogens is 474 g/mol. The van der Waals surface area contributed by atoms with Gasteiger partial charge in [0, 0.05) is 33.0 Å². The van der Waals surface area contributed by atoms with Gasteiger partial charge in [-0.3, -0.25) is 14.0 Å². The molecule has 0 aromatic rings. The van der Waals surface area contributed by atoms with Crippen molar-refractivity contribution < 1.29 is 67.8 Å². The Morgan fingerprint density at radius 3 is 2.36 bits per heavy atom. The molecule has 2 fully saturated rings. The second-order valence-electron chi connectivity index (χ2n) is 7.43. The molecule has 15 nitrogen and oxygen atoms in total. The molecule has 2 aliphatic rings. The van der Waals surface area contributed by atoms with Gasteiger partial charge < -0.3 is 54.7 Å². The number of hydrogen-bond donors (Lipinski definition) is 4. The SMILES string of the molecule is CO[C@@H]1OC(CO)[C@H](OSOO[O-])[C@H](O[C@@H]2CC(C(=O)[O-])[C@@H](OC)[C@H](O)C2O)C1NC(C)=O. The minimum atomic E-state index is -1.64. The Hall–Kier alpha value is -1.15. The highest BCUT2D eigenvalue weighted by Crippen LogP contribution is 2.35. The number of rotatable bonds is 11. The largest absolute Gasteiger partial charge is 0.691 e. The van der Waals surface area contributed by atoms with Gasteiger partial charge in [-0.15, -0.1) is 4.33 Å². The van der Waals surface area contributed by atoms with Crippen LogP contribution in [0.5, 0.6) is 0 Å². The van der Waals surface area contributed by atoms with E-state index in [-0.39, 0.29) is 18.7 Å². The minimum absolute atomic E-state index is 0.0899. The molecule has 1 aliphatic heterocycles. The number of carboxylic acids is 1. The van der Waals surface area contributed by atoms with Crippen molar-refractivity contribution in [3.8, 4) is 0 Å². The molecule has 4 unspecified atom stereocenters. The highest BCUT2D eigenvalue weighted by atomic mass is 32.2. The number of carboxylic acid groups (broad SMARTS) is 1. The van der Waals surface area contributed by atoms with E-state index in [1.54, 1.807) is 0 Å². The lowest BCUT2D eigenvalue weighted by atomic mass is 9.80. The van der Waals surface area contributed by atoms with E-state index in [1.807, 2.05) is 0 Å². The van der Waals surface area contributed by atoms with Crippen molar-refractivity contribution >= 4 is 24.2 Å². The average molecular weight is 501 g/mol. The molecule has 4 N–H and O–H groups in total. The smallest absolute Gasteiger partial charge is 0.217 e. The molecule has 10 atom stereocenters. The summed E-state index contributed by atoms with van der Waals surface area (Å²) < 4.78 is 31.2. The maximum absolute atomic E-state index is 11.8. The van der Waals surface area contributed by atoms with E-state index < -0.39 is 79.5 Å². The van der Waals surface area contributed by atoms with Crippen molar-refractivity contribution in [2.75, 3.05) is 20.8 Å². The van der Waals surface area contributed by atoms with Crippen LogP contribution in [0.25, 0.3) is 0 Å². The van der Waals surface area contributed by atoms with Crippen LogP contribution in [-0.2, 0) is 42.1 Å². The van der Waals surface area contributed by atoms with Gasteiger partial charge in [0.15, 0.2) is 18.6 Å². The van der Waals surface area contributed by atoms with Gasteiger partial charge in [0.2, 0.25) is 5.91 Å². The Morgan fingerprint density at radius 1 is 1.15 bits per heavy atom. The standard InChI is InChI=1S/C17H29NO14S/c1-6(20)18-10-15(14(30-33-32-31-25)9(5-19)29-17(10)27-3)28-8-4-7(16(23)24)13(26-2)12(22)11(8)21/h7-15,17,19,21-22,25H,4-5H2,1-3H3,(H,18,20)(H,23,24)/p-2/t7?,8-,9?,10?,11?,12-,13-,14+,15-,17-/m1/s1. The third kappa shape index (κ3) is 6.71. The quantitative estimate of drug-likeness (QED) is 0.0904. The van der Waals surface area contributed by atoms with Gasteiger partial charge in [0.25, 0.3) is 0 Å². The zero-order valence-electron chi connectivity index (χ0n) is 17.9. The summed E-state index contributed by atoms with van der Waals surface area (Å²) in [4.78, 5) is 23.4. The highest BCUT2D eigenvalue weighted by Gasteiger charge is 2.52. The van der Waals surface area contributed by atoms with E-state index >= 15 is 0 Å². The summed E-state index contributed by atoms with van der Waals surface area (Å²) in [5.41, 5.74) is 0. The van der Waals surface area contributed by atoms with Crippen molar-refractivity contribution in [3.63, 3.8) is 0 Å². The summed E-state index contributed by atoms with van der Waals surface area (Å²) >= 11 is 0.0899. The van der Waals surface area contributed by atoms with Gasteiger partial charge in [-0.2, -0.15) is 0 Å². The van der Waals surface area contributed by atoms with E-state index in [4.69, 9.17) is 23.1 Å².